The third-order valence-corrected chi connectivity index (χ3v) is 5.23. The number of nitrogens with one attached hydrogen (secondary N) is 1. The van der Waals surface area contributed by atoms with E-state index in [9.17, 15) is 14.4 Å². The molecule has 0 spiro atoms. The summed E-state index contributed by atoms with van der Waals surface area (Å²) in [4.78, 5) is 38.3. The summed E-state index contributed by atoms with van der Waals surface area (Å²) < 4.78 is 5.03. The molecule has 2 aliphatic rings. The third kappa shape index (κ3) is 4.08. The van der Waals surface area contributed by atoms with Crippen LogP contribution in [0, 0.1) is 0 Å². The number of hydrogen-bond donors (Lipinski definition) is 1. The summed E-state index contributed by atoms with van der Waals surface area (Å²) in [5.41, 5.74) is 0.714. The molecule has 0 aromatic heterocycles. The molecule has 1 aromatic rings. The van der Waals surface area contributed by atoms with Crippen molar-refractivity contribution in [1.29, 1.82) is 0 Å². The highest BCUT2D eigenvalue weighted by molar-refractivity contribution is 8.00. The average molecular weight is 348 g/mol. The van der Waals surface area contributed by atoms with Crippen LogP contribution in [0.2, 0.25) is 0 Å². The minimum atomic E-state index is -0.577. The van der Waals surface area contributed by atoms with Crippen LogP contribution in [0.1, 0.15) is 25.7 Å². The number of fused-ring (bicyclic) bond motifs is 1. The second-order valence-corrected chi connectivity index (χ2v) is 6.96. The first-order valence-corrected chi connectivity index (χ1v) is 9.09. The van der Waals surface area contributed by atoms with Gasteiger partial charge in [0.15, 0.2) is 6.61 Å². The fraction of sp³-hybridized carbons (Fsp3) is 0.471. The number of ether oxygens (including phenoxy) is 1. The number of para-hydroxylation sites is 1. The Kier molecular flexibility index (Phi) is 5.40. The first-order chi connectivity index (χ1) is 11.6. The summed E-state index contributed by atoms with van der Waals surface area (Å²) in [6, 6.07) is 7.64. The maximum absolute atomic E-state index is 12.1. The Bertz CT molecular complexity index is 643. The van der Waals surface area contributed by atoms with Crippen molar-refractivity contribution in [3.8, 4) is 0 Å². The van der Waals surface area contributed by atoms with Gasteiger partial charge in [0.2, 0.25) is 5.91 Å². The van der Waals surface area contributed by atoms with E-state index in [2.05, 4.69) is 5.32 Å². The maximum Gasteiger partial charge on any atom is 0.326 e. The molecule has 128 valence electrons. The molecule has 0 saturated heterocycles. The molecular formula is C17H20N2O4S. The van der Waals surface area contributed by atoms with Crippen molar-refractivity contribution >= 4 is 35.2 Å². The number of amides is 2. The lowest BCUT2D eigenvalue weighted by Crippen LogP contribution is -2.41. The van der Waals surface area contributed by atoms with E-state index in [4.69, 9.17) is 4.74 Å². The van der Waals surface area contributed by atoms with E-state index in [-0.39, 0.29) is 31.0 Å². The highest BCUT2D eigenvalue weighted by atomic mass is 32.2. The Morgan fingerprint density at radius 1 is 1.25 bits per heavy atom. The molecule has 0 radical (unpaired) electrons. The van der Waals surface area contributed by atoms with E-state index in [1.165, 1.54) is 16.7 Å². The van der Waals surface area contributed by atoms with E-state index in [0.29, 0.717) is 11.4 Å². The van der Waals surface area contributed by atoms with Crippen LogP contribution >= 0.6 is 11.8 Å². The Hall–Kier alpha value is -2.02. The molecule has 6 nitrogen and oxygen atoms in total. The zero-order valence-corrected chi connectivity index (χ0v) is 14.1. The monoisotopic (exact) mass is 348 g/mol. The Balaban J connectivity index is 1.51. The van der Waals surface area contributed by atoms with Crippen LogP contribution in [-0.4, -0.2) is 42.7 Å². The van der Waals surface area contributed by atoms with Crippen LogP contribution in [-0.2, 0) is 19.1 Å². The number of thioether (sulfide) groups is 1. The van der Waals surface area contributed by atoms with Gasteiger partial charge in [0.05, 0.1) is 11.4 Å². The van der Waals surface area contributed by atoms with Crippen molar-refractivity contribution in [2.24, 2.45) is 0 Å². The summed E-state index contributed by atoms with van der Waals surface area (Å²) in [7, 11) is 0. The largest absolute Gasteiger partial charge is 0.454 e. The summed E-state index contributed by atoms with van der Waals surface area (Å²) in [5.74, 6) is -0.694. The number of hydrogen-bond acceptors (Lipinski definition) is 5. The number of anilines is 1. The molecule has 0 bridgehead atoms. The quantitative estimate of drug-likeness (QED) is 0.820. The van der Waals surface area contributed by atoms with E-state index in [1.807, 2.05) is 18.2 Å². The number of rotatable bonds is 5. The van der Waals surface area contributed by atoms with Crippen LogP contribution in [0.5, 0.6) is 0 Å². The molecule has 1 aliphatic carbocycles. The molecule has 3 rings (SSSR count). The van der Waals surface area contributed by atoms with Crippen LogP contribution in [0.25, 0.3) is 0 Å². The SMILES string of the molecule is O=C(COC(=O)CN1C(=O)CSc2ccccc21)NC1CCCC1. The zero-order valence-electron chi connectivity index (χ0n) is 13.3. The van der Waals surface area contributed by atoms with Crippen molar-refractivity contribution in [3.05, 3.63) is 24.3 Å². The predicted octanol–water partition coefficient (Wildman–Crippen LogP) is 1.73. The molecule has 7 heteroatoms. The minimum Gasteiger partial charge on any atom is -0.454 e. The number of nitrogens with zero attached hydrogens (tertiary/aromatic N) is 1. The summed E-state index contributed by atoms with van der Waals surface area (Å²) in [6.45, 7) is -0.471. The van der Waals surface area contributed by atoms with Crippen molar-refractivity contribution in [2.45, 2.75) is 36.6 Å². The van der Waals surface area contributed by atoms with Gasteiger partial charge >= 0.3 is 5.97 Å². The average Bonchev–Trinajstić information content (AvgIpc) is 3.08. The molecular weight excluding hydrogens is 328 g/mol. The van der Waals surface area contributed by atoms with Gasteiger partial charge in [-0.3, -0.25) is 19.3 Å². The Labute approximate surface area is 144 Å². The molecule has 1 aromatic carbocycles. The zero-order chi connectivity index (χ0) is 16.9. The van der Waals surface area contributed by atoms with Crippen LogP contribution < -0.4 is 10.2 Å². The summed E-state index contributed by atoms with van der Waals surface area (Å²) in [5, 5.41) is 2.86. The van der Waals surface area contributed by atoms with E-state index in [1.54, 1.807) is 6.07 Å². The van der Waals surface area contributed by atoms with E-state index >= 15 is 0 Å². The topological polar surface area (TPSA) is 75.7 Å². The van der Waals surface area contributed by atoms with Gasteiger partial charge in [0, 0.05) is 10.9 Å². The number of carbonyl (C=O) groups is 3. The van der Waals surface area contributed by atoms with Gasteiger partial charge in [0.25, 0.3) is 5.91 Å². The van der Waals surface area contributed by atoms with Gasteiger partial charge in [0.1, 0.15) is 6.54 Å². The molecule has 1 saturated carbocycles. The van der Waals surface area contributed by atoms with E-state index in [0.717, 1.165) is 30.6 Å². The smallest absolute Gasteiger partial charge is 0.326 e. The molecule has 24 heavy (non-hydrogen) atoms. The standard InChI is InChI=1S/C17H20N2O4S/c20-15(18-12-5-1-2-6-12)10-23-17(22)9-19-13-7-3-4-8-14(13)24-11-16(19)21/h3-4,7-8,12H,1-2,5-6,9-11H2,(H,18,20). The normalized spacial score (nSPS) is 17.5. The molecule has 0 unspecified atom stereocenters. The number of benzene rings is 1. The number of carbonyl (C=O) groups excluding carboxylic acids is 3. The third-order valence-electron chi connectivity index (χ3n) is 4.18. The van der Waals surface area contributed by atoms with Crippen LogP contribution in [0.3, 0.4) is 0 Å². The summed E-state index contributed by atoms with van der Waals surface area (Å²) in [6.07, 6.45) is 4.21. The Morgan fingerprint density at radius 3 is 2.79 bits per heavy atom. The van der Waals surface area contributed by atoms with Gasteiger partial charge in [-0.1, -0.05) is 25.0 Å². The lowest BCUT2D eigenvalue weighted by Gasteiger charge is -2.27. The summed E-state index contributed by atoms with van der Waals surface area (Å²) >= 11 is 1.46. The molecule has 1 fully saturated rings. The lowest BCUT2D eigenvalue weighted by molar-refractivity contribution is -0.147. The van der Waals surface area contributed by atoms with E-state index < -0.39 is 5.97 Å². The van der Waals surface area contributed by atoms with Gasteiger partial charge < -0.3 is 10.1 Å². The predicted molar refractivity (Wildman–Crippen MR) is 90.9 cm³/mol. The molecule has 0 atom stereocenters. The highest BCUT2D eigenvalue weighted by Crippen LogP contribution is 2.34. The first-order valence-electron chi connectivity index (χ1n) is 8.10. The van der Waals surface area contributed by atoms with Crippen molar-refractivity contribution in [3.63, 3.8) is 0 Å². The Morgan fingerprint density at radius 2 is 2.00 bits per heavy atom. The fourth-order valence-electron chi connectivity index (χ4n) is 2.99. The number of esters is 1. The van der Waals surface area contributed by atoms with Crippen molar-refractivity contribution in [2.75, 3.05) is 23.8 Å². The minimum absolute atomic E-state index is 0.133. The van der Waals surface area contributed by atoms with Crippen LogP contribution in [0.4, 0.5) is 5.69 Å². The van der Waals surface area contributed by atoms with Crippen molar-refractivity contribution < 1.29 is 19.1 Å². The highest BCUT2D eigenvalue weighted by Gasteiger charge is 2.27. The molecule has 2 amide bonds. The van der Waals surface area contributed by atoms with Crippen molar-refractivity contribution in [1.82, 2.24) is 5.32 Å². The van der Waals surface area contributed by atoms with Gasteiger partial charge in [-0.05, 0) is 25.0 Å². The molecule has 1 N–H and O–H groups in total. The second-order valence-electron chi connectivity index (χ2n) is 5.95. The van der Waals surface area contributed by atoms with Gasteiger partial charge in [-0.2, -0.15) is 0 Å². The van der Waals surface area contributed by atoms with Gasteiger partial charge in [-0.25, -0.2) is 0 Å². The van der Waals surface area contributed by atoms with Crippen LogP contribution in [0.15, 0.2) is 29.2 Å². The second kappa shape index (κ2) is 7.70. The maximum atomic E-state index is 12.1. The fourth-order valence-corrected chi connectivity index (χ4v) is 3.92. The first kappa shape index (κ1) is 16.8. The lowest BCUT2D eigenvalue weighted by atomic mass is 10.2. The van der Waals surface area contributed by atoms with Gasteiger partial charge in [-0.15, -0.1) is 11.8 Å². The molecule has 1 heterocycles. The molecule has 1 aliphatic heterocycles.